The normalized spacial score (nSPS) is 19.7. The molecule has 1 saturated heterocycles. The highest BCUT2D eigenvalue weighted by Gasteiger charge is 2.25. The maximum atomic E-state index is 3.73. The number of nitrogens with zero attached hydrogens (tertiary/aromatic N) is 1. The van der Waals surface area contributed by atoms with Crippen LogP contribution in [0, 0.1) is 0 Å². The summed E-state index contributed by atoms with van der Waals surface area (Å²) in [5.41, 5.74) is 2.79. The fourth-order valence-electron chi connectivity index (χ4n) is 3.52. The van der Waals surface area contributed by atoms with E-state index in [0.717, 1.165) is 13.1 Å². The van der Waals surface area contributed by atoms with Gasteiger partial charge in [0, 0.05) is 25.2 Å². The number of hydrogen-bond acceptors (Lipinski definition) is 2. The summed E-state index contributed by atoms with van der Waals surface area (Å²) < 4.78 is 0. The number of rotatable bonds is 6. The van der Waals surface area contributed by atoms with Crippen LogP contribution in [-0.2, 0) is 13.1 Å². The van der Waals surface area contributed by atoms with Gasteiger partial charge in [-0.25, -0.2) is 0 Å². The highest BCUT2D eigenvalue weighted by molar-refractivity contribution is 5.17. The van der Waals surface area contributed by atoms with Crippen molar-refractivity contribution in [2.75, 3.05) is 6.54 Å². The van der Waals surface area contributed by atoms with E-state index in [9.17, 15) is 0 Å². The average Bonchev–Trinajstić information content (AvgIpc) is 2.63. The third kappa shape index (κ3) is 4.66. The largest absolute Gasteiger partial charge is 0.312 e. The van der Waals surface area contributed by atoms with Crippen LogP contribution in [0.25, 0.3) is 0 Å². The maximum absolute atomic E-state index is 3.73. The standard InChI is InChI=1S/C21H28N2/c1-18(21-14-8-9-15-22-21)23(16-19-10-4-2-5-11-19)17-20-12-6-3-7-13-20/h2-7,10-13,18,21-22H,8-9,14-17H2,1H3. The zero-order valence-electron chi connectivity index (χ0n) is 14.1. The molecule has 0 radical (unpaired) electrons. The third-order valence-corrected chi connectivity index (χ3v) is 4.96. The van der Waals surface area contributed by atoms with E-state index in [1.807, 2.05) is 0 Å². The fourth-order valence-corrected chi connectivity index (χ4v) is 3.52. The van der Waals surface area contributed by atoms with Crippen LogP contribution < -0.4 is 5.32 Å². The number of hydrogen-bond donors (Lipinski definition) is 1. The zero-order valence-corrected chi connectivity index (χ0v) is 14.1. The predicted octanol–water partition coefficient (Wildman–Crippen LogP) is 4.22. The van der Waals surface area contributed by atoms with Crippen molar-refractivity contribution in [2.45, 2.75) is 51.4 Å². The van der Waals surface area contributed by atoms with Crippen LogP contribution in [0.2, 0.25) is 0 Å². The summed E-state index contributed by atoms with van der Waals surface area (Å²) in [7, 11) is 0. The molecule has 0 aliphatic carbocycles. The Balaban J connectivity index is 1.74. The lowest BCUT2D eigenvalue weighted by molar-refractivity contribution is 0.139. The molecule has 2 heteroatoms. The molecule has 1 fully saturated rings. The van der Waals surface area contributed by atoms with Crippen molar-refractivity contribution < 1.29 is 0 Å². The van der Waals surface area contributed by atoms with Crippen molar-refractivity contribution in [3.05, 3.63) is 71.8 Å². The first-order valence-electron chi connectivity index (χ1n) is 8.88. The molecular formula is C21H28N2. The van der Waals surface area contributed by atoms with E-state index >= 15 is 0 Å². The van der Waals surface area contributed by atoms with Crippen LogP contribution in [0.4, 0.5) is 0 Å². The van der Waals surface area contributed by atoms with Crippen LogP contribution in [0.5, 0.6) is 0 Å². The summed E-state index contributed by atoms with van der Waals surface area (Å²) >= 11 is 0. The fraction of sp³-hybridized carbons (Fsp3) is 0.429. The molecule has 2 aromatic rings. The molecule has 2 nitrogen and oxygen atoms in total. The zero-order chi connectivity index (χ0) is 15.9. The molecule has 23 heavy (non-hydrogen) atoms. The van der Waals surface area contributed by atoms with Gasteiger partial charge in [0.25, 0.3) is 0 Å². The quantitative estimate of drug-likeness (QED) is 0.859. The third-order valence-electron chi connectivity index (χ3n) is 4.96. The van der Waals surface area contributed by atoms with Gasteiger partial charge in [-0.15, -0.1) is 0 Å². The van der Waals surface area contributed by atoms with Gasteiger partial charge in [-0.2, -0.15) is 0 Å². The molecule has 3 rings (SSSR count). The van der Waals surface area contributed by atoms with Gasteiger partial charge in [-0.3, -0.25) is 4.90 Å². The topological polar surface area (TPSA) is 15.3 Å². The summed E-state index contributed by atoms with van der Waals surface area (Å²) in [6, 6.07) is 22.8. The summed E-state index contributed by atoms with van der Waals surface area (Å²) in [4.78, 5) is 2.62. The lowest BCUT2D eigenvalue weighted by Gasteiger charge is -2.37. The Morgan fingerprint density at radius 2 is 1.48 bits per heavy atom. The van der Waals surface area contributed by atoms with Crippen LogP contribution in [0.1, 0.15) is 37.3 Å². The Labute approximate surface area is 140 Å². The Morgan fingerprint density at radius 1 is 0.913 bits per heavy atom. The molecule has 0 saturated carbocycles. The minimum atomic E-state index is 0.538. The Morgan fingerprint density at radius 3 is 1.96 bits per heavy atom. The van der Waals surface area contributed by atoms with Gasteiger partial charge in [0.05, 0.1) is 0 Å². The van der Waals surface area contributed by atoms with Gasteiger partial charge in [0.1, 0.15) is 0 Å². The Kier molecular flexibility index (Phi) is 5.84. The van der Waals surface area contributed by atoms with E-state index in [0.29, 0.717) is 12.1 Å². The van der Waals surface area contributed by atoms with Crippen molar-refractivity contribution in [3.8, 4) is 0 Å². The van der Waals surface area contributed by atoms with Gasteiger partial charge >= 0.3 is 0 Å². The summed E-state index contributed by atoms with van der Waals surface area (Å²) in [6.45, 7) is 5.57. The summed E-state index contributed by atoms with van der Waals surface area (Å²) in [5, 5.41) is 3.73. The molecule has 2 atom stereocenters. The molecule has 1 heterocycles. The second kappa shape index (κ2) is 8.28. The average molecular weight is 308 g/mol. The number of nitrogens with one attached hydrogen (secondary N) is 1. The maximum Gasteiger partial charge on any atom is 0.0240 e. The van der Waals surface area contributed by atoms with Crippen molar-refractivity contribution >= 4 is 0 Å². The minimum absolute atomic E-state index is 0.538. The first-order valence-corrected chi connectivity index (χ1v) is 8.88. The molecule has 2 unspecified atom stereocenters. The molecule has 1 N–H and O–H groups in total. The Bertz CT molecular complexity index is 519. The summed E-state index contributed by atoms with van der Waals surface area (Å²) in [5.74, 6) is 0. The second-order valence-electron chi connectivity index (χ2n) is 6.67. The van der Waals surface area contributed by atoms with Gasteiger partial charge in [0.15, 0.2) is 0 Å². The minimum Gasteiger partial charge on any atom is -0.312 e. The molecule has 0 aromatic heterocycles. The van der Waals surface area contributed by atoms with E-state index in [2.05, 4.69) is 77.8 Å². The highest BCUT2D eigenvalue weighted by atomic mass is 15.2. The molecule has 2 aromatic carbocycles. The van der Waals surface area contributed by atoms with Crippen LogP contribution >= 0.6 is 0 Å². The number of piperidine rings is 1. The molecule has 0 amide bonds. The van der Waals surface area contributed by atoms with Crippen molar-refractivity contribution in [1.82, 2.24) is 10.2 Å². The smallest absolute Gasteiger partial charge is 0.0240 e. The molecule has 1 aliphatic rings. The lowest BCUT2D eigenvalue weighted by atomic mass is 9.97. The van der Waals surface area contributed by atoms with Crippen molar-refractivity contribution in [1.29, 1.82) is 0 Å². The monoisotopic (exact) mass is 308 g/mol. The van der Waals surface area contributed by atoms with Gasteiger partial charge in [-0.1, -0.05) is 67.1 Å². The van der Waals surface area contributed by atoms with Gasteiger partial charge in [-0.05, 0) is 37.4 Å². The first-order chi connectivity index (χ1) is 11.3. The summed E-state index contributed by atoms with van der Waals surface area (Å²) in [6.07, 6.45) is 3.97. The van der Waals surface area contributed by atoms with Gasteiger partial charge < -0.3 is 5.32 Å². The van der Waals surface area contributed by atoms with Crippen LogP contribution in [0.15, 0.2) is 60.7 Å². The predicted molar refractivity (Wildman–Crippen MR) is 97.2 cm³/mol. The molecule has 122 valence electrons. The van der Waals surface area contributed by atoms with Crippen LogP contribution in [-0.4, -0.2) is 23.5 Å². The van der Waals surface area contributed by atoms with Crippen LogP contribution in [0.3, 0.4) is 0 Å². The number of benzene rings is 2. The molecule has 1 aliphatic heterocycles. The van der Waals surface area contributed by atoms with E-state index in [-0.39, 0.29) is 0 Å². The van der Waals surface area contributed by atoms with E-state index in [1.165, 1.54) is 36.9 Å². The first kappa shape index (κ1) is 16.2. The second-order valence-corrected chi connectivity index (χ2v) is 6.67. The van der Waals surface area contributed by atoms with Crippen molar-refractivity contribution in [2.24, 2.45) is 0 Å². The molecule has 0 spiro atoms. The van der Waals surface area contributed by atoms with Crippen molar-refractivity contribution in [3.63, 3.8) is 0 Å². The highest BCUT2D eigenvalue weighted by Crippen LogP contribution is 2.19. The lowest BCUT2D eigenvalue weighted by Crippen LogP contribution is -2.49. The Hall–Kier alpha value is -1.64. The van der Waals surface area contributed by atoms with E-state index < -0.39 is 0 Å². The SMILES string of the molecule is CC(C1CCCCN1)N(Cc1ccccc1)Cc1ccccc1. The molecular weight excluding hydrogens is 280 g/mol. The van der Waals surface area contributed by atoms with E-state index in [1.54, 1.807) is 0 Å². The van der Waals surface area contributed by atoms with E-state index in [4.69, 9.17) is 0 Å². The molecule has 0 bridgehead atoms. The van der Waals surface area contributed by atoms with Gasteiger partial charge in [0.2, 0.25) is 0 Å².